The van der Waals surface area contributed by atoms with Gasteiger partial charge in [-0.05, 0) is 59.9 Å². The summed E-state index contributed by atoms with van der Waals surface area (Å²) < 4.78 is 8.49. The van der Waals surface area contributed by atoms with Gasteiger partial charge in [0.2, 0.25) is 0 Å². The zero-order valence-electron chi connectivity index (χ0n) is 12.5. The van der Waals surface area contributed by atoms with Crippen LogP contribution in [0.1, 0.15) is 45.4 Å². The molecule has 1 aromatic carbocycles. The molecular formula is C17H23Br2NO. The fourth-order valence-corrected chi connectivity index (χ4v) is 5.09. The Morgan fingerprint density at radius 3 is 2.71 bits per heavy atom. The molecule has 0 heterocycles. The Kier molecular flexibility index (Phi) is 4.97. The Bertz CT molecular complexity index is 500. The average Bonchev–Trinajstić information content (AvgIpc) is 2.96. The van der Waals surface area contributed by atoms with Gasteiger partial charge in [-0.2, -0.15) is 0 Å². The minimum Gasteiger partial charge on any atom is -0.489 e. The summed E-state index contributed by atoms with van der Waals surface area (Å²) >= 11 is 7.11. The van der Waals surface area contributed by atoms with Crippen LogP contribution in [0.15, 0.2) is 27.1 Å². The van der Waals surface area contributed by atoms with Crippen LogP contribution in [0.3, 0.4) is 0 Å². The van der Waals surface area contributed by atoms with Gasteiger partial charge in [-0.3, -0.25) is 0 Å². The van der Waals surface area contributed by atoms with Gasteiger partial charge < -0.3 is 10.1 Å². The van der Waals surface area contributed by atoms with Crippen LogP contribution in [0.2, 0.25) is 0 Å². The molecule has 2 aliphatic carbocycles. The lowest BCUT2D eigenvalue weighted by atomic mass is 9.60. The number of ether oxygens (including phenoxy) is 1. The Hall–Kier alpha value is -0.0600. The summed E-state index contributed by atoms with van der Waals surface area (Å²) in [7, 11) is 0. The summed E-state index contributed by atoms with van der Waals surface area (Å²) in [5.41, 5.74) is 0.377. The normalized spacial score (nSPS) is 26.8. The Morgan fingerprint density at radius 1 is 1.29 bits per heavy atom. The summed E-state index contributed by atoms with van der Waals surface area (Å²) in [6.07, 6.45) is 8.04. The van der Waals surface area contributed by atoms with Crippen LogP contribution in [-0.2, 0) is 0 Å². The molecule has 1 spiro atoms. The first kappa shape index (κ1) is 15.8. The molecule has 1 N–H and O–H groups in total. The highest BCUT2D eigenvalue weighted by Gasteiger charge is 2.57. The SMILES string of the molecule is CCCNC1CC(Oc2ccc(Br)cc2Br)C12CCCC2. The fraction of sp³-hybridized carbons (Fsp3) is 0.647. The zero-order valence-corrected chi connectivity index (χ0v) is 15.7. The van der Waals surface area contributed by atoms with Crippen LogP contribution in [0.4, 0.5) is 0 Å². The van der Waals surface area contributed by atoms with E-state index in [1.165, 1.54) is 32.1 Å². The number of rotatable bonds is 5. The largest absolute Gasteiger partial charge is 0.489 e. The standard InChI is InChI=1S/C17H23Br2NO/c1-2-9-20-15-11-16(17(15)7-3-4-8-17)21-14-6-5-12(18)10-13(14)19/h5-6,10,15-16,20H,2-4,7-9,11H2,1H3. The molecule has 0 saturated heterocycles. The first-order valence-corrected chi connectivity index (χ1v) is 9.59. The maximum Gasteiger partial charge on any atom is 0.134 e. The lowest BCUT2D eigenvalue weighted by Crippen LogP contribution is -2.63. The second-order valence-electron chi connectivity index (χ2n) is 6.36. The van der Waals surface area contributed by atoms with Crippen molar-refractivity contribution < 1.29 is 4.74 Å². The van der Waals surface area contributed by atoms with Gasteiger partial charge in [0.05, 0.1) is 4.47 Å². The summed E-state index contributed by atoms with van der Waals surface area (Å²) in [4.78, 5) is 0. The van der Waals surface area contributed by atoms with Gasteiger partial charge in [-0.15, -0.1) is 0 Å². The maximum atomic E-state index is 6.38. The van der Waals surface area contributed by atoms with E-state index in [-0.39, 0.29) is 0 Å². The zero-order chi connectivity index (χ0) is 14.9. The minimum atomic E-state index is 0.367. The van der Waals surface area contributed by atoms with Gasteiger partial charge in [0.15, 0.2) is 0 Å². The average molecular weight is 417 g/mol. The summed E-state index contributed by atoms with van der Waals surface area (Å²) in [6, 6.07) is 6.82. The summed E-state index contributed by atoms with van der Waals surface area (Å²) in [5, 5.41) is 3.74. The van der Waals surface area contributed by atoms with Crippen LogP contribution in [0.5, 0.6) is 5.75 Å². The molecule has 2 nitrogen and oxygen atoms in total. The molecule has 0 aromatic heterocycles. The van der Waals surface area contributed by atoms with Crippen molar-refractivity contribution in [3.8, 4) is 5.75 Å². The minimum absolute atomic E-state index is 0.367. The van der Waals surface area contributed by atoms with E-state index in [1.807, 2.05) is 6.07 Å². The van der Waals surface area contributed by atoms with Crippen molar-refractivity contribution >= 4 is 31.9 Å². The summed E-state index contributed by atoms with van der Waals surface area (Å²) in [5.74, 6) is 0.975. The van der Waals surface area contributed by atoms with Gasteiger partial charge in [0, 0.05) is 22.4 Å². The van der Waals surface area contributed by atoms with Crippen molar-refractivity contribution in [1.29, 1.82) is 0 Å². The quantitative estimate of drug-likeness (QED) is 0.703. The molecule has 2 fully saturated rings. The van der Waals surface area contributed by atoms with Crippen molar-refractivity contribution in [2.75, 3.05) is 6.54 Å². The van der Waals surface area contributed by atoms with E-state index in [9.17, 15) is 0 Å². The van der Waals surface area contributed by atoms with Crippen LogP contribution < -0.4 is 10.1 Å². The topological polar surface area (TPSA) is 21.3 Å². The Morgan fingerprint density at radius 2 is 2.05 bits per heavy atom. The highest BCUT2D eigenvalue weighted by molar-refractivity contribution is 9.11. The van der Waals surface area contributed by atoms with Gasteiger partial charge >= 0.3 is 0 Å². The summed E-state index contributed by atoms with van der Waals surface area (Å²) in [6.45, 7) is 3.36. The first-order valence-electron chi connectivity index (χ1n) is 8.01. The van der Waals surface area contributed by atoms with Crippen LogP contribution in [0, 0.1) is 5.41 Å². The predicted octanol–water partition coefficient (Wildman–Crippen LogP) is 5.29. The number of halogens is 2. The van der Waals surface area contributed by atoms with Crippen LogP contribution in [-0.4, -0.2) is 18.7 Å². The van der Waals surface area contributed by atoms with Crippen LogP contribution >= 0.6 is 31.9 Å². The van der Waals surface area contributed by atoms with Crippen molar-refractivity contribution in [2.45, 2.75) is 57.6 Å². The molecule has 0 bridgehead atoms. The molecule has 0 amide bonds. The van der Waals surface area contributed by atoms with Crippen molar-refractivity contribution in [1.82, 2.24) is 5.32 Å². The molecule has 0 aliphatic heterocycles. The molecule has 2 saturated carbocycles. The molecular weight excluding hydrogens is 394 g/mol. The number of benzene rings is 1. The number of hydrogen-bond acceptors (Lipinski definition) is 2. The molecule has 4 heteroatoms. The smallest absolute Gasteiger partial charge is 0.134 e. The third-order valence-corrected chi connectivity index (χ3v) is 6.24. The number of hydrogen-bond donors (Lipinski definition) is 1. The van der Waals surface area contributed by atoms with E-state index >= 15 is 0 Å². The molecule has 3 rings (SSSR count). The molecule has 2 atom stereocenters. The monoisotopic (exact) mass is 415 g/mol. The molecule has 21 heavy (non-hydrogen) atoms. The van der Waals surface area contributed by atoms with E-state index in [2.05, 4.69) is 56.2 Å². The van der Waals surface area contributed by atoms with E-state index in [0.29, 0.717) is 17.6 Å². The second kappa shape index (κ2) is 6.59. The van der Waals surface area contributed by atoms with E-state index in [0.717, 1.165) is 27.7 Å². The highest BCUT2D eigenvalue weighted by Crippen LogP contribution is 2.55. The first-order chi connectivity index (χ1) is 10.2. The molecule has 2 aliphatic rings. The van der Waals surface area contributed by atoms with Gasteiger partial charge in [0.25, 0.3) is 0 Å². The van der Waals surface area contributed by atoms with Crippen molar-refractivity contribution in [2.24, 2.45) is 5.41 Å². The van der Waals surface area contributed by atoms with Gasteiger partial charge in [-0.25, -0.2) is 0 Å². The Labute approximate surface area is 144 Å². The lowest BCUT2D eigenvalue weighted by Gasteiger charge is -2.54. The van der Waals surface area contributed by atoms with Crippen molar-refractivity contribution in [3.05, 3.63) is 27.1 Å². The third kappa shape index (κ3) is 3.04. The molecule has 116 valence electrons. The maximum absolute atomic E-state index is 6.38. The van der Waals surface area contributed by atoms with Gasteiger partial charge in [0.1, 0.15) is 11.9 Å². The molecule has 0 radical (unpaired) electrons. The third-order valence-electron chi connectivity index (χ3n) is 5.12. The number of nitrogens with one attached hydrogen (secondary N) is 1. The lowest BCUT2D eigenvalue weighted by molar-refractivity contribution is -0.0763. The van der Waals surface area contributed by atoms with Crippen LogP contribution in [0.25, 0.3) is 0 Å². The Balaban J connectivity index is 1.71. The molecule has 2 unspecified atom stereocenters. The van der Waals surface area contributed by atoms with Gasteiger partial charge in [-0.1, -0.05) is 35.7 Å². The predicted molar refractivity (Wildman–Crippen MR) is 93.9 cm³/mol. The van der Waals surface area contributed by atoms with Crippen molar-refractivity contribution in [3.63, 3.8) is 0 Å². The van der Waals surface area contributed by atoms with E-state index in [4.69, 9.17) is 4.74 Å². The highest BCUT2D eigenvalue weighted by atomic mass is 79.9. The van der Waals surface area contributed by atoms with E-state index in [1.54, 1.807) is 0 Å². The molecule has 1 aromatic rings. The second-order valence-corrected chi connectivity index (χ2v) is 8.13. The van der Waals surface area contributed by atoms with E-state index < -0.39 is 0 Å². The fourth-order valence-electron chi connectivity index (χ4n) is 3.95.